The average Bonchev–Trinajstić information content (AvgIpc) is 2.17. The summed E-state index contributed by atoms with van der Waals surface area (Å²) in [5.41, 5.74) is 3.00. The normalized spacial score (nSPS) is 28.9. The van der Waals surface area contributed by atoms with E-state index in [0.717, 1.165) is 0 Å². The van der Waals surface area contributed by atoms with Gasteiger partial charge in [-0.15, -0.1) is 0 Å². The standard InChI is InChI=1S/C9H15F3N2O2/c1-6(10)9(11,12)8(13)4-2-3-5-14(8)7(15)16/h6H,2-5,13H2,1H3,(H,15,16). The molecule has 1 aliphatic rings. The number of piperidine rings is 1. The zero-order valence-electron chi connectivity index (χ0n) is 8.92. The van der Waals surface area contributed by atoms with Gasteiger partial charge in [0, 0.05) is 6.54 Å². The van der Waals surface area contributed by atoms with Crippen LogP contribution in [0.4, 0.5) is 18.0 Å². The summed E-state index contributed by atoms with van der Waals surface area (Å²) < 4.78 is 40.1. The van der Waals surface area contributed by atoms with Crippen molar-refractivity contribution in [3.05, 3.63) is 0 Å². The molecule has 0 aliphatic carbocycles. The van der Waals surface area contributed by atoms with Crippen LogP contribution in [-0.2, 0) is 0 Å². The van der Waals surface area contributed by atoms with E-state index in [1.165, 1.54) is 0 Å². The highest BCUT2D eigenvalue weighted by Gasteiger charge is 2.60. The van der Waals surface area contributed by atoms with Gasteiger partial charge in [-0.3, -0.25) is 4.90 Å². The van der Waals surface area contributed by atoms with Gasteiger partial charge < -0.3 is 10.8 Å². The van der Waals surface area contributed by atoms with Crippen molar-refractivity contribution in [2.24, 2.45) is 5.73 Å². The van der Waals surface area contributed by atoms with E-state index in [0.29, 0.717) is 24.7 Å². The van der Waals surface area contributed by atoms with Crippen molar-refractivity contribution in [2.75, 3.05) is 6.54 Å². The second-order valence-corrected chi connectivity index (χ2v) is 4.05. The third kappa shape index (κ3) is 1.83. The molecule has 0 aromatic heterocycles. The number of hydrogen-bond acceptors (Lipinski definition) is 2. The number of halogens is 3. The Morgan fingerprint density at radius 1 is 1.56 bits per heavy atom. The number of carboxylic acid groups (broad SMARTS) is 1. The number of alkyl halides is 3. The van der Waals surface area contributed by atoms with Gasteiger partial charge in [0.2, 0.25) is 0 Å². The molecule has 1 fully saturated rings. The Labute approximate surface area is 91.2 Å². The van der Waals surface area contributed by atoms with Gasteiger partial charge in [0.05, 0.1) is 0 Å². The highest BCUT2D eigenvalue weighted by atomic mass is 19.3. The van der Waals surface area contributed by atoms with Crippen LogP contribution in [0.3, 0.4) is 0 Å². The monoisotopic (exact) mass is 240 g/mol. The molecule has 2 atom stereocenters. The molecule has 1 saturated heterocycles. The minimum atomic E-state index is -3.88. The minimum Gasteiger partial charge on any atom is -0.465 e. The summed E-state index contributed by atoms with van der Waals surface area (Å²) in [5, 5.41) is 8.81. The molecule has 1 aliphatic heterocycles. The predicted molar refractivity (Wildman–Crippen MR) is 51.0 cm³/mol. The molecule has 0 radical (unpaired) electrons. The molecular formula is C9H15F3N2O2. The van der Waals surface area contributed by atoms with E-state index in [9.17, 15) is 18.0 Å². The van der Waals surface area contributed by atoms with E-state index in [2.05, 4.69) is 0 Å². The number of likely N-dealkylation sites (tertiary alicyclic amines) is 1. The van der Waals surface area contributed by atoms with E-state index < -0.39 is 23.9 Å². The maximum absolute atomic E-state index is 13.6. The summed E-state index contributed by atoms with van der Waals surface area (Å²) in [6.07, 6.45) is -3.44. The number of carbonyl (C=O) groups is 1. The molecule has 1 heterocycles. The van der Waals surface area contributed by atoms with Crippen molar-refractivity contribution < 1.29 is 23.1 Å². The van der Waals surface area contributed by atoms with E-state index in [1.807, 2.05) is 0 Å². The number of nitrogens with two attached hydrogens (primary N) is 1. The zero-order valence-corrected chi connectivity index (χ0v) is 8.92. The van der Waals surface area contributed by atoms with Crippen molar-refractivity contribution in [1.29, 1.82) is 0 Å². The van der Waals surface area contributed by atoms with Gasteiger partial charge >= 0.3 is 12.0 Å². The highest BCUT2D eigenvalue weighted by Crippen LogP contribution is 2.40. The van der Waals surface area contributed by atoms with Crippen LogP contribution in [0.15, 0.2) is 0 Å². The fourth-order valence-electron chi connectivity index (χ4n) is 1.96. The van der Waals surface area contributed by atoms with Gasteiger partial charge in [-0.05, 0) is 26.2 Å². The molecule has 7 heteroatoms. The first-order chi connectivity index (χ1) is 7.23. The summed E-state index contributed by atoms with van der Waals surface area (Å²) in [4.78, 5) is 11.3. The van der Waals surface area contributed by atoms with Crippen molar-refractivity contribution in [1.82, 2.24) is 4.90 Å². The largest absolute Gasteiger partial charge is 0.465 e. The van der Waals surface area contributed by atoms with Gasteiger partial charge in [0.25, 0.3) is 0 Å². The molecule has 4 nitrogen and oxygen atoms in total. The lowest BCUT2D eigenvalue weighted by Gasteiger charge is -2.47. The zero-order chi connectivity index (χ0) is 12.6. The molecular weight excluding hydrogens is 225 g/mol. The van der Waals surface area contributed by atoms with Crippen molar-refractivity contribution >= 4 is 6.09 Å². The number of nitrogens with zero attached hydrogens (tertiary/aromatic N) is 1. The fourth-order valence-corrected chi connectivity index (χ4v) is 1.96. The quantitative estimate of drug-likeness (QED) is 0.773. The topological polar surface area (TPSA) is 66.6 Å². The van der Waals surface area contributed by atoms with E-state index in [4.69, 9.17) is 10.8 Å². The van der Waals surface area contributed by atoms with Gasteiger partial charge in [-0.25, -0.2) is 9.18 Å². The lowest BCUT2D eigenvalue weighted by molar-refractivity contribution is -0.181. The third-order valence-corrected chi connectivity index (χ3v) is 2.98. The summed E-state index contributed by atoms with van der Waals surface area (Å²) in [6, 6.07) is 0. The first-order valence-electron chi connectivity index (χ1n) is 5.05. The Hall–Kier alpha value is -0.980. The number of rotatable bonds is 2. The Morgan fingerprint density at radius 2 is 2.12 bits per heavy atom. The molecule has 0 bridgehead atoms. The fraction of sp³-hybridized carbons (Fsp3) is 0.889. The van der Waals surface area contributed by atoms with Gasteiger partial charge in [0.1, 0.15) is 0 Å². The van der Waals surface area contributed by atoms with Crippen LogP contribution in [0.1, 0.15) is 26.2 Å². The second kappa shape index (κ2) is 4.12. The first-order valence-corrected chi connectivity index (χ1v) is 5.05. The molecule has 16 heavy (non-hydrogen) atoms. The first kappa shape index (κ1) is 13.1. The number of amides is 1. The van der Waals surface area contributed by atoms with Crippen molar-refractivity contribution in [3.63, 3.8) is 0 Å². The van der Waals surface area contributed by atoms with Crippen molar-refractivity contribution in [2.45, 2.75) is 43.9 Å². The molecule has 3 N–H and O–H groups in total. The minimum absolute atomic E-state index is 0.0891. The molecule has 0 spiro atoms. The maximum Gasteiger partial charge on any atom is 0.408 e. The summed E-state index contributed by atoms with van der Waals surface area (Å²) in [7, 11) is 0. The molecule has 1 rings (SSSR count). The Morgan fingerprint density at radius 3 is 2.56 bits per heavy atom. The maximum atomic E-state index is 13.6. The molecule has 0 saturated carbocycles. The Balaban J connectivity index is 3.07. The van der Waals surface area contributed by atoms with Crippen LogP contribution in [0, 0.1) is 0 Å². The average molecular weight is 240 g/mol. The highest BCUT2D eigenvalue weighted by molar-refractivity contribution is 5.66. The van der Waals surface area contributed by atoms with Crippen LogP contribution in [-0.4, -0.2) is 40.4 Å². The van der Waals surface area contributed by atoms with E-state index in [1.54, 1.807) is 0 Å². The van der Waals surface area contributed by atoms with Gasteiger partial charge in [0.15, 0.2) is 11.8 Å². The molecule has 2 unspecified atom stereocenters. The molecule has 1 amide bonds. The van der Waals surface area contributed by atoms with Gasteiger partial charge in [-0.2, -0.15) is 8.78 Å². The lowest BCUT2D eigenvalue weighted by Crippen LogP contribution is -2.71. The van der Waals surface area contributed by atoms with Crippen LogP contribution in [0.2, 0.25) is 0 Å². The smallest absolute Gasteiger partial charge is 0.408 e. The lowest BCUT2D eigenvalue weighted by atomic mass is 9.88. The Bertz CT molecular complexity index is 286. The van der Waals surface area contributed by atoms with Crippen LogP contribution >= 0.6 is 0 Å². The van der Waals surface area contributed by atoms with E-state index in [-0.39, 0.29) is 13.0 Å². The Kier molecular flexibility index (Phi) is 3.37. The summed E-state index contributed by atoms with van der Waals surface area (Å²) in [6.45, 7) is 0.595. The molecule has 0 aromatic carbocycles. The molecule has 94 valence electrons. The van der Waals surface area contributed by atoms with Crippen LogP contribution in [0.25, 0.3) is 0 Å². The summed E-state index contributed by atoms with van der Waals surface area (Å²) >= 11 is 0. The number of hydrogen-bond donors (Lipinski definition) is 2. The predicted octanol–water partition coefficient (Wildman–Crippen LogP) is 1.80. The molecule has 0 aromatic rings. The van der Waals surface area contributed by atoms with Crippen LogP contribution in [0.5, 0.6) is 0 Å². The summed E-state index contributed by atoms with van der Waals surface area (Å²) in [5.74, 6) is -3.88. The van der Waals surface area contributed by atoms with Crippen LogP contribution < -0.4 is 5.73 Å². The second-order valence-electron chi connectivity index (χ2n) is 4.05. The van der Waals surface area contributed by atoms with E-state index >= 15 is 0 Å². The van der Waals surface area contributed by atoms with Crippen molar-refractivity contribution in [3.8, 4) is 0 Å². The third-order valence-electron chi connectivity index (χ3n) is 2.98. The van der Waals surface area contributed by atoms with Gasteiger partial charge in [-0.1, -0.05) is 0 Å². The SMILES string of the molecule is CC(F)C(F)(F)C1(N)CCCCN1C(=O)O.